The highest BCUT2D eigenvalue weighted by Gasteiger charge is 2.23. The molecular formula is C21H27FN2O4S. The topological polar surface area (TPSA) is 75.7 Å². The number of amides is 1. The number of nitrogens with one attached hydrogen (secondary N) is 1. The number of halogens is 1. The minimum atomic E-state index is -3.70. The third-order valence-electron chi connectivity index (χ3n) is 4.24. The number of anilines is 1. The predicted octanol–water partition coefficient (Wildman–Crippen LogP) is 3.82. The highest BCUT2D eigenvalue weighted by Crippen LogP contribution is 2.30. The van der Waals surface area contributed by atoms with Crippen LogP contribution >= 0.6 is 0 Å². The highest BCUT2D eigenvalue weighted by atomic mass is 32.2. The van der Waals surface area contributed by atoms with Gasteiger partial charge in [0.2, 0.25) is 15.9 Å². The Kier molecular flexibility index (Phi) is 7.75. The van der Waals surface area contributed by atoms with Crippen LogP contribution in [0.15, 0.2) is 47.4 Å². The molecule has 0 aliphatic carbocycles. The molecule has 2 aromatic carbocycles. The largest absolute Gasteiger partial charge is 0.489 e. The van der Waals surface area contributed by atoms with E-state index in [0.717, 1.165) is 0 Å². The Labute approximate surface area is 171 Å². The minimum Gasteiger partial charge on any atom is -0.489 e. The van der Waals surface area contributed by atoms with Crippen LogP contribution in [-0.2, 0) is 21.2 Å². The van der Waals surface area contributed by atoms with Crippen LogP contribution in [0.4, 0.5) is 10.1 Å². The van der Waals surface area contributed by atoms with Gasteiger partial charge in [-0.25, -0.2) is 12.8 Å². The number of ether oxygens (including phenoxy) is 1. The summed E-state index contributed by atoms with van der Waals surface area (Å²) >= 11 is 0. The average molecular weight is 423 g/mol. The van der Waals surface area contributed by atoms with E-state index in [1.165, 1.54) is 34.6 Å². The van der Waals surface area contributed by atoms with Crippen molar-refractivity contribution in [1.29, 1.82) is 0 Å². The van der Waals surface area contributed by atoms with E-state index in [-0.39, 0.29) is 28.7 Å². The lowest BCUT2D eigenvalue weighted by Crippen LogP contribution is -2.30. The SMILES string of the molecule is CCN(CC)S(=O)(=O)c1ccc(OC(C)C)c(NC(=O)Cc2ccccc2F)c1. The van der Waals surface area contributed by atoms with Crippen LogP contribution in [0, 0.1) is 5.82 Å². The van der Waals surface area contributed by atoms with E-state index in [0.29, 0.717) is 18.8 Å². The molecule has 29 heavy (non-hydrogen) atoms. The number of hydrogen-bond acceptors (Lipinski definition) is 4. The molecule has 1 amide bonds. The van der Waals surface area contributed by atoms with Crippen molar-refractivity contribution in [3.63, 3.8) is 0 Å². The van der Waals surface area contributed by atoms with Gasteiger partial charge < -0.3 is 10.1 Å². The van der Waals surface area contributed by atoms with Crippen LogP contribution < -0.4 is 10.1 Å². The van der Waals surface area contributed by atoms with E-state index in [2.05, 4.69) is 5.32 Å². The fraction of sp³-hybridized carbons (Fsp3) is 0.381. The smallest absolute Gasteiger partial charge is 0.243 e. The standard InChI is InChI=1S/C21H27FN2O4S/c1-5-24(6-2)29(26,27)17-11-12-20(28-15(3)4)19(14-17)23-21(25)13-16-9-7-8-10-18(16)22/h7-12,14-15H,5-6,13H2,1-4H3,(H,23,25). The van der Waals surface area contributed by atoms with Gasteiger partial charge in [-0.2, -0.15) is 4.31 Å². The van der Waals surface area contributed by atoms with Crippen LogP contribution in [0.1, 0.15) is 33.3 Å². The molecule has 1 N–H and O–H groups in total. The van der Waals surface area contributed by atoms with Gasteiger partial charge in [-0.05, 0) is 43.7 Å². The second-order valence-electron chi connectivity index (χ2n) is 6.73. The van der Waals surface area contributed by atoms with Crippen LogP contribution in [0.2, 0.25) is 0 Å². The number of hydrogen-bond donors (Lipinski definition) is 1. The van der Waals surface area contributed by atoms with Crippen molar-refractivity contribution >= 4 is 21.6 Å². The van der Waals surface area contributed by atoms with Crippen LogP contribution in [0.5, 0.6) is 5.75 Å². The zero-order valence-electron chi connectivity index (χ0n) is 17.1. The fourth-order valence-corrected chi connectivity index (χ4v) is 4.33. The summed E-state index contributed by atoms with van der Waals surface area (Å²) in [4.78, 5) is 12.5. The van der Waals surface area contributed by atoms with E-state index in [9.17, 15) is 17.6 Å². The number of carbonyl (C=O) groups is 1. The summed E-state index contributed by atoms with van der Waals surface area (Å²) in [6, 6.07) is 10.4. The van der Waals surface area contributed by atoms with Gasteiger partial charge in [-0.3, -0.25) is 4.79 Å². The summed E-state index contributed by atoms with van der Waals surface area (Å²) in [5, 5.41) is 2.67. The molecule has 158 valence electrons. The number of rotatable bonds is 9. The van der Waals surface area contributed by atoms with Crippen LogP contribution in [0.3, 0.4) is 0 Å². The molecule has 0 fully saturated rings. The Morgan fingerprint density at radius 3 is 2.38 bits per heavy atom. The molecule has 0 aromatic heterocycles. The van der Waals surface area contributed by atoms with Gasteiger partial charge in [0, 0.05) is 13.1 Å². The maximum Gasteiger partial charge on any atom is 0.243 e. The second-order valence-corrected chi connectivity index (χ2v) is 8.67. The first kappa shape index (κ1) is 22.8. The minimum absolute atomic E-state index is 0.0542. The lowest BCUT2D eigenvalue weighted by atomic mass is 10.1. The normalized spacial score (nSPS) is 11.7. The van der Waals surface area contributed by atoms with E-state index in [1.54, 1.807) is 26.0 Å². The van der Waals surface area contributed by atoms with Gasteiger partial charge in [0.05, 0.1) is 23.1 Å². The number of nitrogens with zero attached hydrogens (tertiary/aromatic N) is 1. The van der Waals surface area contributed by atoms with Crippen molar-refractivity contribution in [2.45, 2.75) is 45.1 Å². The van der Waals surface area contributed by atoms with Gasteiger partial charge >= 0.3 is 0 Å². The summed E-state index contributed by atoms with van der Waals surface area (Å²) in [5.41, 5.74) is 0.483. The molecule has 0 radical (unpaired) electrons. The van der Waals surface area contributed by atoms with Crippen molar-refractivity contribution in [1.82, 2.24) is 4.31 Å². The summed E-state index contributed by atoms with van der Waals surface area (Å²) in [5.74, 6) is -0.597. The molecule has 0 spiro atoms. The molecule has 0 saturated carbocycles. The Morgan fingerprint density at radius 2 is 1.79 bits per heavy atom. The molecule has 8 heteroatoms. The molecule has 0 atom stereocenters. The number of carbonyl (C=O) groups excluding carboxylic acids is 1. The van der Waals surface area contributed by atoms with Crippen molar-refractivity contribution in [3.05, 3.63) is 53.8 Å². The summed E-state index contributed by atoms with van der Waals surface area (Å²) in [6.45, 7) is 7.83. The van der Waals surface area contributed by atoms with E-state index in [1.807, 2.05) is 13.8 Å². The van der Waals surface area contributed by atoms with E-state index >= 15 is 0 Å². The van der Waals surface area contributed by atoms with Gasteiger partial charge in [0.15, 0.2) is 0 Å². The maximum absolute atomic E-state index is 13.8. The van der Waals surface area contributed by atoms with Crippen molar-refractivity contribution in [2.75, 3.05) is 18.4 Å². The Hall–Kier alpha value is -2.45. The molecule has 0 bridgehead atoms. The average Bonchev–Trinajstić information content (AvgIpc) is 2.65. The Bertz CT molecular complexity index is 957. The summed E-state index contributed by atoms with van der Waals surface area (Å²) < 4.78 is 46.5. The molecule has 2 aromatic rings. The number of sulfonamides is 1. The molecular weight excluding hydrogens is 395 g/mol. The second kappa shape index (κ2) is 9.84. The third kappa shape index (κ3) is 5.77. The molecule has 6 nitrogen and oxygen atoms in total. The Morgan fingerprint density at radius 1 is 1.14 bits per heavy atom. The van der Waals surface area contributed by atoms with Gasteiger partial charge in [0.25, 0.3) is 0 Å². The molecule has 0 heterocycles. The third-order valence-corrected chi connectivity index (χ3v) is 6.29. The van der Waals surface area contributed by atoms with Gasteiger partial charge in [-0.1, -0.05) is 32.0 Å². The fourth-order valence-electron chi connectivity index (χ4n) is 2.85. The zero-order valence-corrected chi connectivity index (χ0v) is 17.9. The quantitative estimate of drug-likeness (QED) is 0.667. The molecule has 0 saturated heterocycles. The molecule has 0 unspecified atom stereocenters. The van der Waals surface area contributed by atoms with Crippen molar-refractivity contribution in [3.8, 4) is 5.75 Å². The molecule has 0 aliphatic rings. The van der Waals surface area contributed by atoms with Crippen LogP contribution in [-0.4, -0.2) is 37.8 Å². The highest BCUT2D eigenvalue weighted by molar-refractivity contribution is 7.89. The number of benzene rings is 2. The van der Waals surface area contributed by atoms with Crippen LogP contribution in [0.25, 0.3) is 0 Å². The van der Waals surface area contributed by atoms with Crippen molar-refractivity contribution in [2.24, 2.45) is 0 Å². The summed E-state index contributed by atoms with van der Waals surface area (Å²) in [6.07, 6.45) is -0.358. The van der Waals surface area contributed by atoms with Gasteiger partial charge in [-0.15, -0.1) is 0 Å². The zero-order chi connectivity index (χ0) is 21.6. The van der Waals surface area contributed by atoms with E-state index < -0.39 is 21.7 Å². The molecule has 2 rings (SSSR count). The first-order valence-corrected chi connectivity index (χ1v) is 11.0. The lowest BCUT2D eigenvalue weighted by Gasteiger charge is -2.20. The first-order valence-electron chi connectivity index (χ1n) is 9.53. The first-order chi connectivity index (χ1) is 13.7. The van der Waals surface area contributed by atoms with E-state index in [4.69, 9.17) is 4.74 Å². The lowest BCUT2D eigenvalue weighted by molar-refractivity contribution is -0.115. The molecule has 0 aliphatic heterocycles. The van der Waals surface area contributed by atoms with Crippen molar-refractivity contribution < 1.29 is 22.3 Å². The maximum atomic E-state index is 13.8. The predicted molar refractivity (Wildman–Crippen MR) is 111 cm³/mol. The van der Waals surface area contributed by atoms with Gasteiger partial charge in [0.1, 0.15) is 11.6 Å². The monoisotopic (exact) mass is 422 g/mol. The Balaban J connectivity index is 2.36. The summed E-state index contributed by atoms with van der Waals surface area (Å²) in [7, 11) is -3.70.